The number of halogens is 1. The van der Waals surface area contributed by atoms with Crippen molar-refractivity contribution in [3.8, 4) is 0 Å². The Labute approximate surface area is 117 Å². The quantitative estimate of drug-likeness (QED) is 0.839. The SMILES string of the molecule is Cc1ccc(NC(=O)CCc2ccc(N)cc2)cc1F. The van der Waals surface area contributed by atoms with Crippen molar-refractivity contribution < 1.29 is 9.18 Å². The third-order valence-electron chi connectivity index (χ3n) is 3.08. The second-order valence-corrected chi connectivity index (χ2v) is 4.75. The van der Waals surface area contributed by atoms with Gasteiger partial charge in [0.1, 0.15) is 5.82 Å². The first-order chi connectivity index (χ1) is 9.54. The second-order valence-electron chi connectivity index (χ2n) is 4.75. The van der Waals surface area contributed by atoms with Gasteiger partial charge in [-0.2, -0.15) is 0 Å². The molecule has 1 amide bonds. The van der Waals surface area contributed by atoms with Gasteiger partial charge < -0.3 is 11.1 Å². The molecule has 4 heteroatoms. The highest BCUT2D eigenvalue weighted by atomic mass is 19.1. The molecular formula is C16H17FN2O. The molecule has 20 heavy (non-hydrogen) atoms. The average molecular weight is 272 g/mol. The van der Waals surface area contributed by atoms with Crippen LogP contribution in [0.25, 0.3) is 0 Å². The average Bonchev–Trinajstić information content (AvgIpc) is 2.42. The fraction of sp³-hybridized carbons (Fsp3) is 0.188. The van der Waals surface area contributed by atoms with Crippen molar-refractivity contribution in [3.63, 3.8) is 0 Å². The van der Waals surface area contributed by atoms with Crippen molar-refractivity contribution in [3.05, 3.63) is 59.4 Å². The molecule has 0 bridgehead atoms. The Morgan fingerprint density at radius 1 is 1.20 bits per heavy atom. The van der Waals surface area contributed by atoms with Crippen LogP contribution in [-0.4, -0.2) is 5.91 Å². The van der Waals surface area contributed by atoms with Crippen LogP contribution in [0.1, 0.15) is 17.5 Å². The van der Waals surface area contributed by atoms with Crippen LogP contribution < -0.4 is 11.1 Å². The van der Waals surface area contributed by atoms with Crippen LogP contribution in [-0.2, 0) is 11.2 Å². The minimum atomic E-state index is -0.318. The molecule has 2 rings (SSSR count). The van der Waals surface area contributed by atoms with Gasteiger partial charge in [-0.3, -0.25) is 4.79 Å². The predicted molar refractivity (Wildman–Crippen MR) is 78.9 cm³/mol. The zero-order valence-electron chi connectivity index (χ0n) is 11.3. The molecule has 0 aliphatic carbocycles. The van der Waals surface area contributed by atoms with Gasteiger partial charge in [0.2, 0.25) is 5.91 Å². The van der Waals surface area contributed by atoms with Crippen LogP contribution in [0.4, 0.5) is 15.8 Å². The number of nitrogens with two attached hydrogens (primary N) is 1. The number of carbonyl (C=O) groups excluding carboxylic acids is 1. The molecule has 0 spiro atoms. The molecule has 0 radical (unpaired) electrons. The number of nitrogen functional groups attached to an aromatic ring is 1. The first kappa shape index (κ1) is 14.1. The minimum Gasteiger partial charge on any atom is -0.399 e. The first-order valence-electron chi connectivity index (χ1n) is 6.45. The summed E-state index contributed by atoms with van der Waals surface area (Å²) in [5.41, 5.74) is 8.39. The van der Waals surface area contributed by atoms with Crippen LogP contribution in [0, 0.1) is 12.7 Å². The van der Waals surface area contributed by atoms with Crippen LogP contribution in [0.2, 0.25) is 0 Å². The Morgan fingerprint density at radius 2 is 1.90 bits per heavy atom. The van der Waals surface area contributed by atoms with Crippen molar-refractivity contribution in [2.24, 2.45) is 0 Å². The summed E-state index contributed by atoms with van der Waals surface area (Å²) in [7, 11) is 0. The number of benzene rings is 2. The summed E-state index contributed by atoms with van der Waals surface area (Å²) in [5.74, 6) is -0.452. The van der Waals surface area contributed by atoms with E-state index in [0.29, 0.717) is 29.8 Å². The van der Waals surface area contributed by atoms with Gasteiger partial charge in [0.05, 0.1) is 0 Å². The second kappa shape index (κ2) is 6.19. The fourth-order valence-electron chi connectivity index (χ4n) is 1.84. The third-order valence-corrected chi connectivity index (χ3v) is 3.08. The summed E-state index contributed by atoms with van der Waals surface area (Å²) in [6.07, 6.45) is 0.972. The summed E-state index contributed by atoms with van der Waals surface area (Å²) >= 11 is 0. The maximum Gasteiger partial charge on any atom is 0.224 e. The number of nitrogens with one attached hydrogen (secondary N) is 1. The molecule has 0 fully saturated rings. The van der Waals surface area contributed by atoms with Crippen molar-refractivity contribution in [1.82, 2.24) is 0 Å². The first-order valence-corrected chi connectivity index (χ1v) is 6.45. The van der Waals surface area contributed by atoms with Gasteiger partial charge in [0, 0.05) is 17.8 Å². The molecular weight excluding hydrogens is 255 g/mol. The van der Waals surface area contributed by atoms with Crippen LogP contribution in [0.15, 0.2) is 42.5 Å². The molecule has 2 aromatic carbocycles. The number of carbonyl (C=O) groups is 1. The third kappa shape index (κ3) is 3.82. The lowest BCUT2D eigenvalue weighted by molar-refractivity contribution is -0.116. The summed E-state index contributed by atoms with van der Waals surface area (Å²) < 4.78 is 13.4. The van der Waals surface area contributed by atoms with E-state index in [1.807, 2.05) is 24.3 Å². The van der Waals surface area contributed by atoms with E-state index in [1.54, 1.807) is 19.1 Å². The molecule has 0 atom stereocenters. The van der Waals surface area contributed by atoms with Gasteiger partial charge in [-0.15, -0.1) is 0 Å². The molecule has 0 saturated heterocycles. The van der Waals surface area contributed by atoms with Gasteiger partial charge in [0.15, 0.2) is 0 Å². The van der Waals surface area contributed by atoms with Crippen LogP contribution in [0.3, 0.4) is 0 Å². The van der Waals surface area contributed by atoms with Gasteiger partial charge in [-0.05, 0) is 48.7 Å². The molecule has 0 saturated carbocycles. The predicted octanol–water partition coefficient (Wildman–Crippen LogP) is 3.29. The van der Waals surface area contributed by atoms with Gasteiger partial charge in [-0.25, -0.2) is 4.39 Å². The molecule has 0 heterocycles. The highest BCUT2D eigenvalue weighted by molar-refractivity contribution is 5.90. The summed E-state index contributed by atoms with van der Waals surface area (Å²) in [6, 6.07) is 12.1. The van der Waals surface area contributed by atoms with E-state index in [1.165, 1.54) is 6.07 Å². The maximum absolute atomic E-state index is 13.4. The van der Waals surface area contributed by atoms with Gasteiger partial charge >= 0.3 is 0 Å². The molecule has 0 aliphatic heterocycles. The molecule has 0 aliphatic rings. The molecule has 0 aromatic heterocycles. The smallest absolute Gasteiger partial charge is 0.224 e. The Balaban J connectivity index is 1.89. The minimum absolute atomic E-state index is 0.134. The van der Waals surface area contributed by atoms with Gasteiger partial charge in [0.25, 0.3) is 0 Å². The number of hydrogen-bond donors (Lipinski definition) is 2. The molecule has 2 aromatic rings. The highest BCUT2D eigenvalue weighted by Gasteiger charge is 2.05. The van der Waals surface area contributed by atoms with E-state index < -0.39 is 0 Å². The molecule has 104 valence electrons. The monoisotopic (exact) mass is 272 g/mol. The number of amides is 1. The molecule has 3 nitrogen and oxygen atoms in total. The van der Waals surface area contributed by atoms with Crippen molar-refractivity contribution >= 4 is 17.3 Å². The summed E-state index contributed by atoms with van der Waals surface area (Å²) in [4.78, 5) is 11.8. The Bertz CT molecular complexity index is 608. The lowest BCUT2D eigenvalue weighted by Gasteiger charge is -2.06. The Morgan fingerprint density at radius 3 is 2.55 bits per heavy atom. The summed E-state index contributed by atoms with van der Waals surface area (Å²) in [6.45, 7) is 1.68. The van der Waals surface area contributed by atoms with E-state index in [-0.39, 0.29) is 11.7 Å². The molecule has 0 unspecified atom stereocenters. The van der Waals surface area contributed by atoms with Crippen LogP contribution >= 0.6 is 0 Å². The number of rotatable bonds is 4. The van der Waals surface area contributed by atoms with E-state index in [9.17, 15) is 9.18 Å². The number of hydrogen-bond acceptors (Lipinski definition) is 2. The summed E-state index contributed by atoms with van der Waals surface area (Å²) in [5, 5.41) is 2.69. The molecule has 3 N–H and O–H groups in total. The standard InChI is InChI=1S/C16H17FN2O/c1-11-2-8-14(10-15(11)17)19-16(20)9-5-12-3-6-13(18)7-4-12/h2-4,6-8,10H,5,9,18H2,1H3,(H,19,20). The van der Waals surface area contributed by atoms with E-state index in [4.69, 9.17) is 5.73 Å². The Kier molecular flexibility index (Phi) is 4.35. The zero-order valence-corrected chi connectivity index (χ0v) is 11.3. The highest BCUT2D eigenvalue weighted by Crippen LogP contribution is 2.14. The topological polar surface area (TPSA) is 55.1 Å². The van der Waals surface area contributed by atoms with E-state index >= 15 is 0 Å². The number of aryl methyl sites for hydroxylation is 2. The van der Waals surface area contributed by atoms with Crippen LogP contribution in [0.5, 0.6) is 0 Å². The van der Waals surface area contributed by atoms with E-state index in [2.05, 4.69) is 5.32 Å². The normalized spacial score (nSPS) is 10.3. The fourth-order valence-corrected chi connectivity index (χ4v) is 1.84. The Hall–Kier alpha value is -2.36. The van der Waals surface area contributed by atoms with E-state index in [0.717, 1.165) is 5.56 Å². The number of anilines is 2. The van der Waals surface area contributed by atoms with Crippen molar-refractivity contribution in [2.45, 2.75) is 19.8 Å². The largest absolute Gasteiger partial charge is 0.399 e. The van der Waals surface area contributed by atoms with Crippen molar-refractivity contribution in [1.29, 1.82) is 0 Å². The zero-order chi connectivity index (χ0) is 14.5. The van der Waals surface area contributed by atoms with Gasteiger partial charge in [-0.1, -0.05) is 18.2 Å². The lowest BCUT2D eigenvalue weighted by Crippen LogP contribution is -2.12. The maximum atomic E-state index is 13.4. The van der Waals surface area contributed by atoms with Crippen molar-refractivity contribution in [2.75, 3.05) is 11.1 Å². The lowest BCUT2D eigenvalue weighted by atomic mass is 10.1.